The maximum Gasteiger partial charge on any atom is 0.161 e. The fourth-order valence-electron chi connectivity index (χ4n) is 2.04. The van der Waals surface area contributed by atoms with Gasteiger partial charge in [0.15, 0.2) is 6.04 Å². The quantitative estimate of drug-likeness (QED) is 0.370. The van der Waals surface area contributed by atoms with Crippen LogP contribution in [-0.4, -0.2) is 37.5 Å². The van der Waals surface area contributed by atoms with Crippen LogP contribution in [0.5, 0.6) is 0 Å². The summed E-state index contributed by atoms with van der Waals surface area (Å²) in [5, 5.41) is 3.35. The van der Waals surface area contributed by atoms with Crippen molar-refractivity contribution in [1.82, 2.24) is 5.32 Å². The molecule has 1 aliphatic heterocycles. The Balaban J connectivity index is 2.02. The molecule has 2 aliphatic rings. The summed E-state index contributed by atoms with van der Waals surface area (Å²) in [5.41, 5.74) is 0. The molecule has 1 saturated carbocycles. The van der Waals surface area contributed by atoms with Gasteiger partial charge in [0.1, 0.15) is 13.8 Å². The second kappa shape index (κ2) is 1.57. The molecule has 2 heteroatoms. The van der Waals surface area contributed by atoms with E-state index in [1.807, 2.05) is 0 Å². The van der Waals surface area contributed by atoms with Gasteiger partial charge >= 0.3 is 0 Å². The first-order valence-corrected chi connectivity index (χ1v) is 3.55. The molecule has 1 saturated heterocycles. The van der Waals surface area contributed by atoms with Gasteiger partial charge in [0, 0.05) is 24.9 Å². The Hall–Kier alpha value is -0.370. The molecule has 1 N–H and O–H groups in total. The zero-order valence-corrected chi connectivity index (χ0v) is 5.80. The first kappa shape index (κ1) is 5.42. The summed E-state index contributed by atoms with van der Waals surface area (Å²) in [6.45, 7) is 6.32. The van der Waals surface area contributed by atoms with E-state index in [4.69, 9.17) is 0 Å². The van der Waals surface area contributed by atoms with Gasteiger partial charge in [-0.3, -0.25) is 0 Å². The third-order valence-electron chi connectivity index (χ3n) is 2.56. The minimum Gasteiger partial charge on any atom is -0.316 e. The normalized spacial score (nSPS) is 46.6. The highest BCUT2D eigenvalue weighted by Gasteiger charge is 2.59. The molecule has 0 radical (unpaired) electrons. The van der Waals surface area contributed by atoms with Crippen molar-refractivity contribution in [2.45, 2.75) is 6.04 Å². The van der Waals surface area contributed by atoms with E-state index in [-0.39, 0.29) is 0 Å². The van der Waals surface area contributed by atoms with E-state index in [1.54, 1.807) is 0 Å². The standard InChI is InChI=1S/C7H13N2/c1-9(2)7-5-3-8-4-6(5)7/h5-8H,1,3-4H2,2H3/q+1. The van der Waals surface area contributed by atoms with Gasteiger partial charge in [0.25, 0.3) is 0 Å². The van der Waals surface area contributed by atoms with E-state index < -0.39 is 0 Å². The molecule has 0 spiro atoms. The molecule has 2 unspecified atom stereocenters. The lowest BCUT2D eigenvalue weighted by molar-refractivity contribution is -0.510. The zero-order chi connectivity index (χ0) is 6.43. The summed E-state index contributed by atoms with van der Waals surface area (Å²) in [7, 11) is 2.07. The van der Waals surface area contributed by atoms with Crippen molar-refractivity contribution in [1.29, 1.82) is 0 Å². The molecule has 0 aromatic rings. The molecule has 0 amide bonds. The lowest BCUT2D eigenvalue weighted by Crippen LogP contribution is -2.22. The molecule has 2 nitrogen and oxygen atoms in total. The lowest BCUT2D eigenvalue weighted by Gasteiger charge is -1.97. The van der Waals surface area contributed by atoms with Gasteiger partial charge in [0.05, 0.1) is 0 Å². The van der Waals surface area contributed by atoms with E-state index in [2.05, 4.69) is 23.7 Å². The third-order valence-corrected chi connectivity index (χ3v) is 2.56. The Morgan fingerprint density at radius 3 is 2.33 bits per heavy atom. The molecular weight excluding hydrogens is 112 g/mol. The Bertz CT molecular complexity index is 143. The second-order valence-electron chi connectivity index (χ2n) is 3.23. The van der Waals surface area contributed by atoms with Crippen LogP contribution in [-0.2, 0) is 0 Å². The lowest BCUT2D eigenvalue weighted by atomic mass is 10.4. The van der Waals surface area contributed by atoms with Crippen LogP contribution in [0.1, 0.15) is 0 Å². The molecule has 2 rings (SSSR count). The SMILES string of the molecule is C=[N+](C)C1C2CNCC21. The largest absolute Gasteiger partial charge is 0.316 e. The van der Waals surface area contributed by atoms with Gasteiger partial charge in [-0.2, -0.15) is 0 Å². The highest BCUT2D eigenvalue weighted by Crippen LogP contribution is 2.43. The molecule has 1 aliphatic carbocycles. The molecule has 0 aromatic carbocycles. The predicted octanol–water partition coefficient (Wildman–Crippen LogP) is -0.453. The van der Waals surface area contributed by atoms with Crippen LogP contribution < -0.4 is 5.32 Å². The summed E-state index contributed by atoms with van der Waals surface area (Å²) >= 11 is 0. The molecule has 2 atom stereocenters. The number of rotatable bonds is 1. The summed E-state index contributed by atoms with van der Waals surface area (Å²) in [5.74, 6) is 1.85. The van der Waals surface area contributed by atoms with Crippen molar-refractivity contribution in [2.24, 2.45) is 11.8 Å². The van der Waals surface area contributed by atoms with Gasteiger partial charge in [-0.1, -0.05) is 0 Å². The first-order chi connectivity index (χ1) is 4.30. The monoisotopic (exact) mass is 125 g/mol. The van der Waals surface area contributed by atoms with Crippen molar-refractivity contribution < 1.29 is 4.58 Å². The molecule has 0 bridgehead atoms. The molecule has 1 heterocycles. The molecule has 2 fully saturated rings. The highest BCUT2D eigenvalue weighted by atomic mass is 15.1. The maximum atomic E-state index is 3.89. The maximum absolute atomic E-state index is 3.89. The van der Waals surface area contributed by atoms with Crippen LogP contribution in [0.4, 0.5) is 0 Å². The topological polar surface area (TPSA) is 15.0 Å². The Morgan fingerprint density at radius 2 is 2.00 bits per heavy atom. The van der Waals surface area contributed by atoms with Gasteiger partial charge in [-0.25, -0.2) is 4.58 Å². The number of hydrogen-bond donors (Lipinski definition) is 1. The summed E-state index contributed by atoms with van der Waals surface area (Å²) < 4.78 is 2.11. The first-order valence-electron chi connectivity index (χ1n) is 3.55. The Morgan fingerprint density at radius 1 is 1.44 bits per heavy atom. The van der Waals surface area contributed by atoms with Gasteiger partial charge < -0.3 is 5.32 Å². The van der Waals surface area contributed by atoms with Crippen LogP contribution in [0.2, 0.25) is 0 Å². The van der Waals surface area contributed by atoms with Crippen molar-refractivity contribution in [3.8, 4) is 0 Å². The van der Waals surface area contributed by atoms with Gasteiger partial charge in [-0.05, 0) is 0 Å². The number of fused-ring (bicyclic) bond motifs is 1. The predicted molar refractivity (Wildman–Crippen MR) is 36.9 cm³/mol. The van der Waals surface area contributed by atoms with Crippen LogP contribution in [0.15, 0.2) is 0 Å². The summed E-state index contributed by atoms with van der Waals surface area (Å²) in [6.07, 6.45) is 0. The van der Waals surface area contributed by atoms with Crippen LogP contribution >= 0.6 is 0 Å². The number of hydrogen-bond acceptors (Lipinski definition) is 1. The zero-order valence-electron chi connectivity index (χ0n) is 5.80. The average Bonchev–Trinajstić information content (AvgIpc) is 2.30. The molecular formula is C7H13N2+. The van der Waals surface area contributed by atoms with Crippen molar-refractivity contribution in [2.75, 3.05) is 20.1 Å². The highest BCUT2D eigenvalue weighted by molar-refractivity contribution is 5.17. The number of nitrogens with one attached hydrogen (secondary N) is 1. The number of piperidine rings is 1. The van der Waals surface area contributed by atoms with E-state index in [1.165, 1.54) is 13.1 Å². The van der Waals surface area contributed by atoms with Gasteiger partial charge in [-0.15, -0.1) is 0 Å². The van der Waals surface area contributed by atoms with Crippen molar-refractivity contribution >= 4 is 6.72 Å². The average molecular weight is 125 g/mol. The van der Waals surface area contributed by atoms with E-state index in [0.717, 1.165) is 17.9 Å². The van der Waals surface area contributed by atoms with Crippen molar-refractivity contribution in [3.63, 3.8) is 0 Å². The fraction of sp³-hybridized carbons (Fsp3) is 0.857. The molecule has 50 valence electrons. The molecule has 9 heavy (non-hydrogen) atoms. The third kappa shape index (κ3) is 0.628. The minimum absolute atomic E-state index is 0.797. The van der Waals surface area contributed by atoms with E-state index >= 15 is 0 Å². The smallest absolute Gasteiger partial charge is 0.161 e. The fourth-order valence-corrected chi connectivity index (χ4v) is 2.04. The Kier molecular flexibility index (Phi) is 0.943. The summed E-state index contributed by atoms with van der Waals surface area (Å²) in [4.78, 5) is 0. The van der Waals surface area contributed by atoms with E-state index in [0.29, 0.717) is 0 Å². The van der Waals surface area contributed by atoms with Crippen LogP contribution in [0.3, 0.4) is 0 Å². The van der Waals surface area contributed by atoms with E-state index in [9.17, 15) is 0 Å². The second-order valence-corrected chi connectivity index (χ2v) is 3.23. The minimum atomic E-state index is 0.797. The molecule has 0 aromatic heterocycles. The number of nitrogens with zero attached hydrogens (tertiary/aromatic N) is 1. The van der Waals surface area contributed by atoms with Crippen LogP contribution in [0, 0.1) is 11.8 Å². The van der Waals surface area contributed by atoms with Crippen LogP contribution in [0.25, 0.3) is 0 Å². The van der Waals surface area contributed by atoms with Gasteiger partial charge in [0.2, 0.25) is 0 Å². The van der Waals surface area contributed by atoms with Crippen molar-refractivity contribution in [3.05, 3.63) is 0 Å². The Labute approximate surface area is 55.6 Å². The summed E-state index contributed by atoms with van der Waals surface area (Å²) in [6, 6.07) is 0.797.